The third-order valence-corrected chi connectivity index (χ3v) is 4.09. The lowest BCUT2D eigenvalue weighted by Gasteiger charge is -2.12. The Kier molecular flexibility index (Phi) is 5.41. The van der Waals surface area contributed by atoms with Crippen LogP contribution in [0.15, 0.2) is 57.9 Å². The molecule has 0 unspecified atom stereocenters. The molecule has 108 valence electrons. The molecule has 6 heteroatoms. The number of anilines is 1. The van der Waals surface area contributed by atoms with Crippen LogP contribution in [-0.2, 0) is 4.79 Å². The number of amides is 1. The minimum Gasteiger partial charge on any atom is -0.545 e. The number of carboxylic acids is 1. The zero-order chi connectivity index (χ0) is 15.2. The summed E-state index contributed by atoms with van der Waals surface area (Å²) in [6.07, 6.45) is 0. The molecule has 0 atom stereocenters. The molecular weight excluding hydrogens is 354 g/mol. The number of thioether (sulfide) groups is 1. The van der Waals surface area contributed by atoms with Crippen molar-refractivity contribution in [2.45, 2.75) is 4.90 Å². The fourth-order valence-electron chi connectivity index (χ4n) is 1.65. The van der Waals surface area contributed by atoms with Crippen molar-refractivity contribution < 1.29 is 14.7 Å². The molecule has 2 rings (SSSR count). The van der Waals surface area contributed by atoms with Gasteiger partial charge in [-0.2, -0.15) is 0 Å². The maximum Gasteiger partial charge on any atom is 0.234 e. The van der Waals surface area contributed by atoms with Crippen LogP contribution in [0, 0.1) is 0 Å². The molecule has 4 nitrogen and oxygen atoms in total. The van der Waals surface area contributed by atoms with Crippen LogP contribution in [0.1, 0.15) is 10.4 Å². The van der Waals surface area contributed by atoms with E-state index >= 15 is 0 Å². The summed E-state index contributed by atoms with van der Waals surface area (Å²) in [7, 11) is 0. The van der Waals surface area contributed by atoms with Gasteiger partial charge in [0.2, 0.25) is 5.91 Å². The normalized spacial score (nSPS) is 10.1. The number of carbonyl (C=O) groups excluding carboxylic acids is 2. The summed E-state index contributed by atoms with van der Waals surface area (Å²) in [5, 5.41) is 13.6. The maximum absolute atomic E-state index is 11.9. The average molecular weight is 365 g/mol. The van der Waals surface area contributed by atoms with Gasteiger partial charge >= 0.3 is 0 Å². The summed E-state index contributed by atoms with van der Waals surface area (Å²) in [5.41, 5.74) is 0.180. The highest BCUT2D eigenvalue weighted by Gasteiger charge is 2.09. The Morgan fingerprint density at radius 3 is 2.52 bits per heavy atom. The van der Waals surface area contributed by atoms with E-state index in [1.807, 2.05) is 30.3 Å². The highest BCUT2D eigenvalue weighted by Crippen LogP contribution is 2.22. The first-order chi connectivity index (χ1) is 10.1. The van der Waals surface area contributed by atoms with Gasteiger partial charge in [0.05, 0.1) is 11.7 Å². The molecule has 0 aliphatic heterocycles. The number of benzene rings is 2. The van der Waals surface area contributed by atoms with Gasteiger partial charge in [0.15, 0.2) is 0 Å². The van der Waals surface area contributed by atoms with Crippen molar-refractivity contribution in [3.8, 4) is 0 Å². The van der Waals surface area contributed by atoms with E-state index in [0.29, 0.717) is 4.47 Å². The Morgan fingerprint density at radius 2 is 1.86 bits per heavy atom. The van der Waals surface area contributed by atoms with Gasteiger partial charge < -0.3 is 15.2 Å². The standard InChI is InChI=1S/C15H12BrNO3S/c16-10-6-7-13(12(8-10)15(19)20)17-14(18)9-21-11-4-2-1-3-5-11/h1-8H,9H2,(H,17,18)(H,19,20)/p-1. The van der Waals surface area contributed by atoms with E-state index in [1.165, 1.54) is 23.9 Å². The van der Waals surface area contributed by atoms with Gasteiger partial charge in [-0.15, -0.1) is 11.8 Å². The molecule has 0 aliphatic rings. The van der Waals surface area contributed by atoms with Gasteiger partial charge in [-0.05, 0) is 30.3 Å². The van der Waals surface area contributed by atoms with Crippen LogP contribution in [-0.4, -0.2) is 17.6 Å². The number of carboxylic acid groups (broad SMARTS) is 1. The number of carbonyl (C=O) groups is 2. The predicted octanol–water partition coefficient (Wildman–Crippen LogP) is 2.54. The van der Waals surface area contributed by atoms with Crippen molar-refractivity contribution in [3.05, 3.63) is 58.6 Å². The second kappa shape index (κ2) is 7.28. The first-order valence-corrected chi connectivity index (χ1v) is 7.83. The smallest absolute Gasteiger partial charge is 0.234 e. The second-order valence-electron chi connectivity index (χ2n) is 4.13. The van der Waals surface area contributed by atoms with E-state index in [1.54, 1.807) is 6.07 Å². The summed E-state index contributed by atoms with van der Waals surface area (Å²) in [5.74, 6) is -1.40. The minimum absolute atomic E-state index is 0.0533. The number of halogens is 1. The maximum atomic E-state index is 11.9. The number of nitrogens with one attached hydrogen (secondary N) is 1. The van der Waals surface area contributed by atoms with E-state index in [9.17, 15) is 14.7 Å². The van der Waals surface area contributed by atoms with Crippen molar-refractivity contribution >= 4 is 45.3 Å². The van der Waals surface area contributed by atoms with Crippen LogP contribution in [0.3, 0.4) is 0 Å². The lowest BCUT2D eigenvalue weighted by atomic mass is 10.2. The summed E-state index contributed by atoms with van der Waals surface area (Å²) < 4.78 is 0.610. The SMILES string of the molecule is O=C(CSc1ccccc1)Nc1ccc(Br)cc1C(=O)[O-]. The quantitative estimate of drug-likeness (QED) is 0.827. The molecular formula is C15H11BrNO3S-. The molecule has 0 radical (unpaired) electrons. The third kappa shape index (κ3) is 4.61. The first kappa shape index (κ1) is 15.6. The van der Waals surface area contributed by atoms with Crippen molar-refractivity contribution in [1.82, 2.24) is 0 Å². The Hall–Kier alpha value is -1.79. The minimum atomic E-state index is -1.33. The number of rotatable bonds is 5. The van der Waals surface area contributed by atoms with E-state index in [4.69, 9.17) is 0 Å². The molecule has 0 bridgehead atoms. The molecule has 0 fully saturated rings. The lowest BCUT2D eigenvalue weighted by Crippen LogP contribution is -2.25. The highest BCUT2D eigenvalue weighted by molar-refractivity contribution is 9.10. The molecule has 0 saturated carbocycles. The molecule has 2 aromatic rings. The summed E-state index contributed by atoms with van der Waals surface area (Å²) in [4.78, 5) is 23.9. The fourth-order valence-corrected chi connectivity index (χ4v) is 2.73. The number of hydrogen-bond acceptors (Lipinski definition) is 4. The Balaban J connectivity index is 2.01. The van der Waals surface area contributed by atoms with E-state index in [2.05, 4.69) is 21.2 Å². The zero-order valence-electron chi connectivity index (χ0n) is 10.8. The van der Waals surface area contributed by atoms with E-state index in [0.717, 1.165) is 4.90 Å². The Morgan fingerprint density at radius 1 is 1.14 bits per heavy atom. The van der Waals surface area contributed by atoms with Gasteiger partial charge in [0, 0.05) is 20.6 Å². The van der Waals surface area contributed by atoms with E-state index in [-0.39, 0.29) is 22.9 Å². The van der Waals surface area contributed by atoms with Gasteiger partial charge in [-0.3, -0.25) is 4.79 Å². The van der Waals surface area contributed by atoms with Gasteiger partial charge in [-0.1, -0.05) is 34.1 Å². The third-order valence-electron chi connectivity index (χ3n) is 2.59. The first-order valence-electron chi connectivity index (χ1n) is 6.05. The highest BCUT2D eigenvalue weighted by atomic mass is 79.9. The molecule has 2 aromatic carbocycles. The molecule has 0 aliphatic carbocycles. The molecule has 0 aromatic heterocycles. The van der Waals surface area contributed by atoms with Crippen molar-refractivity contribution in [2.75, 3.05) is 11.1 Å². The van der Waals surface area contributed by atoms with Crippen molar-refractivity contribution in [1.29, 1.82) is 0 Å². The lowest BCUT2D eigenvalue weighted by molar-refractivity contribution is -0.254. The van der Waals surface area contributed by atoms with Crippen LogP contribution in [0.4, 0.5) is 5.69 Å². The van der Waals surface area contributed by atoms with Crippen LogP contribution in [0.25, 0.3) is 0 Å². The molecule has 0 heterocycles. The van der Waals surface area contributed by atoms with Crippen LogP contribution in [0.5, 0.6) is 0 Å². The van der Waals surface area contributed by atoms with Gasteiger partial charge in [0.1, 0.15) is 0 Å². The van der Waals surface area contributed by atoms with Crippen molar-refractivity contribution in [2.24, 2.45) is 0 Å². The number of hydrogen-bond donors (Lipinski definition) is 1. The Bertz CT molecular complexity index is 661. The molecule has 0 saturated heterocycles. The summed E-state index contributed by atoms with van der Waals surface area (Å²) >= 11 is 4.57. The fraction of sp³-hybridized carbons (Fsp3) is 0.0667. The summed E-state index contributed by atoms with van der Waals surface area (Å²) in [6, 6.07) is 14.1. The molecule has 1 amide bonds. The molecule has 0 spiro atoms. The molecule has 1 N–H and O–H groups in total. The molecule has 21 heavy (non-hydrogen) atoms. The predicted molar refractivity (Wildman–Crippen MR) is 84.3 cm³/mol. The monoisotopic (exact) mass is 364 g/mol. The Labute approximate surface area is 134 Å². The van der Waals surface area contributed by atoms with Crippen LogP contribution >= 0.6 is 27.7 Å². The zero-order valence-corrected chi connectivity index (χ0v) is 13.2. The second-order valence-corrected chi connectivity index (χ2v) is 6.09. The number of aromatic carboxylic acids is 1. The van der Waals surface area contributed by atoms with E-state index < -0.39 is 5.97 Å². The van der Waals surface area contributed by atoms with Gasteiger partial charge in [-0.25, -0.2) is 0 Å². The van der Waals surface area contributed by atoms with Crippen LogP contribution < -0.4 is 10.4 Å². The summed E-state index contributed by atoms with van der Waals surface area (Å²) in [6.45, 7) is 0. The van der Waals surface area contributed by atoms with Crippen LogP contribution in [0.2, 0.25) is 0 Å². The van der Waals surface area contributed by atoms with Gasteiger partial charge in [0.25, 0.3) is 0 Å². The average Bonchev–Trinajstić information content (AvgIpc) is 2.48. The largest absolute Gasteiger partial charge is 0.545 e. The van der Waals surface area contributed by atoms with Crippen molar-refractivity contribution in [3.63, 3.8) is 0 Å². The topological polar surface area (TPSA) is 69.2 Å².